The largest absolute Gasteiger partial charge is 0.462 e. The van der Waals surface area contributed by atoms with E-state index in [2.05, 4.69) is 0 Å². The number of hydrogen-bond acceptors (Lipinski definition) is 9. The summed E-state index contributed by atoms with van der Waals surface area (Å²) in [6, 6.07) is 68.2. The van der Waals surface area contributed by atoms with Gasteiger partial charge in [-0.1, -0.05) is 170 Å². The van der Waals surface area contributed by atoms with Gasteiger partial charge in [0.15, 0.2) is 12.2 Å². The third-order valence-corrected chi connectivity index (χ3v) is 13.7. The van der Waals surface area contributed by atoms with E-state index in [1.807, 2.05) is 170 Å². The quantitative estimate of drug-likeness (QED) is 0.0532. The van der Waals surface area contributed by atoms with E-state index in [-0.39, 0.29) is 13.2 Å². The molecule has 9 rings (SSSR count). The van der Waals surface area contributed by atoms with E-state index in [0.29, 0.717) is 35.1 Å². The summed E-state index contributed by atoms with van der Waals surface area (Å²) in [6.07, 6.45) is -1.15. The molecule has 342 valence electrons. The van der Waals surface area contributed by atoms with Crippen molar-refractivity contribution < 1.29 is 38.1 Å². The molecule has 1 heterocycles. The molecule has 0 radical (unpaired) electrons. The van der Waals surface area contributed by atoms with Crippen LogP contribution in [0.4, 0.5) is 0 Å². The second-order valence-electron chi connectivity index (χ2n) is 16.6. The predicted octanol–water partition coefficient (Wildman–Crippen LogP) is 13.1. The van der Waals surface area contributed by atoms with Crippen LogP contribution in [-0.4, -0.2) is 59.8 Å². The van der Waals surface area contributed by atoms with Gasteiger partial charge in [-0.25, -0.2) is 19.2 Å². The van der Waals surface area contributed by atoms with Crippen molar-refractivity contribution in [3.8, 4) is 44.5 Å². The first-order valence-electron chi connectivity index (χ1n) is 22.9. The van der Waals surface area contributed by atoms with Gasteiger partial charge >= 0.3 is 23.9 Å². The average molecular weight is 929 g/mol. The fraction of sp³-hybridized carbons (Fsp3) is 0.133. The lowest BCUT2D eigenvalue weighted by Gasteiger charge is -2.26. The van der Waals surface area contributed by atoms with Crippen LogP contribution in [0.15, 0.2) is 218 Å². The molecule has 1 unspecified atom stereocenters. The van der Waals surface area contributed by atoms with Crippen LogP contribution in [0, 0.1) is 0 Å². The Morgan fingerprint density at radius 1 is 0.333 bits per heavy atom. The van der Waals surface area contributed by atoms with Gasteiger partial charge in [-0.15, -0.1) is 11.8 Å². The molecule has 0 amide bonds. The van der Waals surface area contributed by atoms with Crippen LogP contribution < -0.4 is 0 Å². The monoisotopic (exact) mass is 928 g/mol. The fourth-order valence-corrected chi connectivity index (χ4v) is 9.96. The maximum Gasteiger partial charge on any atom is 0.338 e. The Kier molecular flexibility index (Phi) is 14.8. The Balaban J connectivity index is 0.946. The maximum atomic E-state index is 14.1. The van der Waals surface area contributed by atoms with Crippen LogP contribution in [0.3, 0.4) is 0 Å². The summed E-state index contributed by atoms with van der Waals surface area (Å²) >= 11 is 1.42. The lowest BCUT2D eigenvalue weighted by Crippen LogP contribution is -2.42. The third-order valence-electron chi connectivity index (χ3n) is 12.0. The summed E-state index contributed by atoms with van der Waals surface area (Å²) in [6.45, 7) is -0.0477. The van der Waals surface area contributed by atoms with Gasteiger partial charge in [-0.05, 0) is 106 Å². The topological polar surface area (TPSA) is 105 Å². The molecule has 8 aromatic rings. The van der Waals surface area contributed by atoms with Gasteiger partial charge in [0.25, 0.3) is 0 Å². The summed E-state index contributed by atoms with van der Waals surface area (Å²) in [7, 11) is 0. The van der Waals surface area contributed by atoms with Gasteiger partial charge in [-0.3, -0.25) is 0 Å². The van der Waals surface area contributed by atoms with E-state index < -0.39 is 46.6 Å². The second kappa shape index (κ2) is 22.2. The molecular formula is C60H48O8S. The van der Waals surface area contributed by atoms with E-state index >= 15 is 0 Å². The van der Waals surface area contributed by atoms with Crippen LogP contribution in [0.2, 0.25) is 0 Å². The van der Waals surface area contributed by atoms with Crippen LogP contribution in [-0.2, 0) is 18.9 Å². The molecule has 1 aliphatic rings. The van der Waals surface area contributed by atoms with Crippen molar-refractivity contribution >= 4 is 35.6 Å². The molecule has 69 heavy (non-hydrogen) atoms. The van der Waals surface area contributed by atoms with Crippen molar-refractivity contribution in [1.29, 1.82) is 0 Å². The number of carbonyl (C=O) groups is 4. The maximum absolute atomic E-state index is 14.1. The lowest BCUT2D eigenvalue weighted by molar-refractivity contribution is -0.0367. The zero-order chi connectivity index (χ0) is 47.4. The summed E-state index contributed by atoms with van der Waals surface area (Å²) in [5, 5.41) is -1.06. The number of benzene rings is 8. The average Bonchev–Trinajstić information content (AvgIpc) is 3.74. The van der Waals surface area contributed by atoms with E-state index in [4.69, 9.17) is 18.9 Å². The highest BCUT2D eigenvalue weighted by molar-refractivity contribution is 8.01. The van der Waals surface area contributed by atoms with Crippen molar-refractivity contribution in [2.24, 2.45) is 0 Å². The summed E-state index contributed by atoms with van der Waals surface area (Å²) in [5.74, 6) is -2.22. The van der Waals surface area contributed by atoms with Gasteiger partial charge in [0.2, 0.25) is 0 Å². The molecule has 0 bridgehead atoms. The highest BCUT2D eigenvalue weighted by atomic mass is 32.2. The molecule has 8 nitrogen and oxygen atoms in total. The summed E-state index contributed by atoms with van der Waals surface area (Å²) < 4.78 is 24.4. The molecule has 1 fully saturated rings. The Labute approximate surface area is 405 Å². The minimum atomic E-state index is -1.02. The van der Waals surface area contributed by atoms with Gasteiger partial charge in [-0.2, -0.15) is 0 Å². The molecule has 0 aliphatic carbocycles. The molecule has 4 atom stereocenters. The summed E-state index contributed by atoms with van der Waals surface area (Å²) in [5.41, 5.74) is 9.28. The second-order valence-corrected chi connectivity index (χ2v) is 18.1. The van der Waals surface area contributed by atoms with Crippen molar-refractivity contribution in [2.45, 2.75) is 35.5 Å². The number of ether oxygens (including phenoxy) is 4. The minimum absolute atomic E-state index is 0.0921. The van der Waals surface area contributed by atoms with Gasteiger partial charge in [0, 0.05) is 5.25 Å². The van der Waals surface area contributed by atoms with E-state index in [1.165, 1.54) is 11.8 Å². The smallest absolute Gasteiger partial charge is 0.338 e. The highest BCUT2D eigenvalue weighted by Gasteiger charge is 2.49. The first kappa shape index (κ1) is 46.1. The first-order valence-corrected chi connectivity index (χ1v) is 23.8. The van der Waals surface area contributed by atoms with Crippen LogP contribution in [0.5, 0.6) is 0 Å². The number of thioether (sulfide) groups is 1. The van der Waals surface area contributed by atoms with Crippen molar-refractivity contribution in [3.05, 3.63) is 241 Å². The Morgan fingerprint density at radius 2 is 0.623 bits per heavy atom. The Hall–Kier alpha value is -8.01. The number of hydrogen-bond donors (Lipinski definition) is 0. The predicted molar refractivity (Wildman–Crippen MR) is 271 cm³/mol. The molecule has 9 heteroatoms. The number of carbonyl (C=O) groups excluding carboxylic acids is 4. The van der Waals surface area contributed by atoms with Crippen molar-refractivity contribution in [1.82, 2.24) is 0 Å². The highest BCUT2D eigenvalue weighted by Crippen LogP contribution is 2.42. The standard InChI is InChI=1S/C60H48O8S/c61-57(49-31-23-45(24-32-49)41-14-5-1-6-15-41)65-39-13-22-53-55(67-59(63)51-35-27-47(28-36-51)43-18-9-3-10-19-43)56(68-60(64)52-37-29-48(30-38-52)44-20-11-4-12-21-44)54(69-53)40-66-58(62)50-33-25-46(26-34-50)42-16-7-2-8-17-42/h1-12,14-21,23-38,53-56H,13,22,39-40H2/t53?,54-,55+,56-/m0/s1. The minimum Gasteiger partial charge on any atom is -0.462 e. The van der Waals surface area contributed by atoms with E-state index in [0.717, 1.165) is 44.5 Å². The van der Waals surface area contributed by atoms with Gasteiger partial charge in [0.1, 0.15) is 6.61 Å². The van der Waals surface area contributed by atoms with Gasteiger partial charge in [0.05, 0.1) is 34.1 Å². The van der Waals surface area contributed by atoms with E-state index in [9.17, 15) is 19.2 Å². The fourth-order valence-electron chi connectivity index (χ4n) is 8.33. The Bertz CT molecular complexity index is 2960. The summed E-state index contributed by atoms with van der Waals surface area (Å²) in [4.78, 5) is 55.0. The van der Waals surface area contributed by atoms with Crippen LogP contribution >= 0.6 is 11.8 Å². The SMILES string of the molecule is O=C(OCCCC1S[C@@H](COC(=O)c2ccc(-c3ccccc3)cc2)[C@H](OC(=O)c2ccc(-c3ccccc3)cc2)[C@@H]1OC(=O)c1ccc(-c2ccccc2)cc1)c1ccc(-c2ccccc2)cc1. The van der Waals surface area contributed by atoms with Crippen LogP contribution in [0.25, 0.3) is 44.5 Å². The molecule has 1 saturated heterocycles. The normalized spacial score (nSPS) is 16.2. The molecular weight excluding hydrogens is 881 g/mol. The number of rotatable bonds is 16. The molecule has 0 saturated carbocycles. The third kappa shape index (κ3) is 11.6. The molecule has 0 aromatic heterocycles. The van der Waals surface area contributed by atoms with Gasteiger partial charge < -0.3 is 18.9 Å². The molecule has 0 N–H and O–H groups in total. The molecule has 8 aromatic carbocycles. The Morgan fingerprint density at radius 3 is 0.971 bits per heavy atom. The number of esters is 4. The van der Waals surface area contributed by atoms with Crippen molar-refractivity contribution in [2.75, 3.05) is 13.2 Å². The lowest BCUT2D eigenvalue weighted by atomic mass is 10.0. The molecule has 1 aliphatic heterocycles. The van der Waals surface area contributed by atoms with Crippen LogP contribution in [0.1, 0.15) is 54.3 Å². The molecule has 0 spiro atoms. The van der Waals surface area contributed by atoms with E-state index in [1.54, 1.807) is 48.5 Å². The zero-order valence-corrected chi connectivity index (χ0v) is 38.4. The zero-order valence-electron chi connectivity index (χ0n) is 37.6. The van der Waals surface area contributed by atoms with Crippen molar-refractivity contribution in [3.63, 3.8) is 0 Å². The first-order chi connectivity index (χ1) is 33.9.